The summed E-state index contributed by atoms with van der Waals surface area (Å²) in [4.78, 5) is 25.2. The highest BCUT2D eigenvalue weighted by atomic mass is 35.5. The van der Waals surface area contributed by atoms with Gasteiger partial charge in [0.05, 0.1) is 45.9 Å². The van der Waals surface area contributed by atoms with Crippen LogP contribution in [0.5, 0.6) is 0 Å². The zero-order valence-electron chi connectivity index (χ0n) is 22.2. The number of nitrogens with zero attached hydrogens (tertiary/aromatic N) is 8. The Labute approximate surface area is 231 Å². The number of ether oxygens (including phenoxy) is 1. The molecule has 13 heteroatoms. The number of carbonyl (C=O) groups excluding carboxylic acids is 1. The quantitative estimate of drug-likeness (QED) is 0.470. The fourth-order valence-electron chi connectivity index (χ4n) is 5.68. The van der Waals surface area contributed by atoms with E-state index in [9.17, 15) is 15.3 Å². The van der Waals surface area contributed by atoms with Crippen LogP contribution >= 0.6 is 11.6 Å². The lowest BCUT2D eigenvalue weighted by Gasteiger charge is -2.57. The van der Waals surface area contributed by atoms with Crippen molar-refractivity contribution in [3.05, 3.63) is 34.6 Å². The molecule has 12 nitrogen and oxygen atoms in total. The lowest BCUT2D eigenvalue weighted by atomic mass is 9.73. The zero-order chi connectivity index (χ0) is 27.9. The van der Waals surface area contributed by atoms with Gasteiger partial charge in [-0.3, -0.25) is 4.79 Å². The Morgan fingerprint density at radius 2 is 2.10 bits per heavy atom. The van der Waals surface area contributed by atoms with Gasteiger partial charge in [0.15, 0.2) is 17.2 Å². The molecule has 2 aromatic heterocycles. The number of fused-ring (bicyclic) bond motifs is 2. The van der Waals surface area contributed by atoms with E-state index in [0.717, 1.165) is 0 Å². The first-order valence-electron chi connectivity index (χ1n) is 12.8. The Bertz CT molecular complexity index is 1520. The molecular formula is C26H29ClN10O2. The Morgan fingerprint density at radius 3 is 2.79 bits per heavy atom. The lowest BCUT2D eigenvalue weighted by molar-refractivity contribution is -0.178. The molecule has 0 bridgehead atoms. The SMILES string of the molecule is CCNc1nc(Nc2cc(C#N)cc(N3CCC4(C(C)C)C(C3)OCC(=O)N4C)c2Cl)nn2c(C#N)cnc12. The molecule has 1 amide bonds. The Balaban J connectivity index is 1.51. The van der Waals surface area contributed by atoms with Gasteiger partial charge in [-0.1, -0.05) is 25.4 Å². The van der Waals surface area contributed by atoms with Crippen LogP contribution in [-0.4, -0.2) is 75.3 Å². The highest BCUT2D eigenvalue weighted by molar-refractivity contribution is 6.36. The highest BCUT2D eigenvalue weighted by Gasteiger charge is 2.53. The van der Waals surface area contributed by atoms with Crippen molar-refractivity contribution in [2.24, 2.45) is 5.92 Å². The van der Waals surface area contributed by atoms with Gasteiger partial charge < -0.3 is 25.2 Å². The number of piperidine rings is 1. The van der Waals surface area contributed by atoms with Crippen molar-refractivity contribution in [1.29, 1.82) is 10.5 Å². The van der Waals surface area contributed by atoms with Crippen LogP contribution in [0.4, 0.5) is 23.1 Å². The van der Waals surface area contributed by atoms with E-state index >= 15 is 0 Å². The molecule has 2 unspecified atom stereocenters. The molecular weight excluding hydrogens is 520 g/mol. The zero-order valence-corrected chi connectivity index (χ0v) is 23.0. The van der Waals surface area contributed by atoms with Gasteiger partial charge in [-0.15, -0.1) is 5.10 Å². The number of carbonyl (C=O) groups is 1. The van der Waals surface area contributed by atoms with Crippen molar-refractivity contribution in [3.63, 3.8) is 0 Å². The number of anilines is 4. The monoisotopic (exact) mass is 548 g/mol. The maximum Gasteiger partial charge on any atom is 0.248 e. The third-order valence-corrected chi connectivity index (χ3v) is 8.12. The fraction of sp³-hybridized carbons (Fsp3) is 0.462. The first kappa shape index (κ1) is 26.5. The van der Waals surface area contributed by atoms with E-state index in [1.54, 1.807) is 12.1 Å². The number of halogens is 1. The summed E-state index contributed by atoms with van der Waals surface area (Å²) < 4.78 is 7.48. The van der Waals surface area contributed by atoms with Crippen molar-refractivity contribution >= 4 is 46.3 Å². The first-order chi connectivity index (χ1) is 18.7. The highest BCUT2D eigenvalue weighted by Crippen LogP contribution is 2.43. The largest absolute Gasteiger partial charge is 0.367 e. The normalized spacial score (nSPS) is 21.0. The minimum atomic E-state index is -0.415. The van der Waals surface area contributed by atoms with Crippen molar-refractivity contribution in [3.8, 4) is 12.1 Å². The van der Waals surface area contributed by atoms with E-state index in [0.29, 0.717) is 59.5 Å². The first-order valence-corrected chi connectivity index (χ1v) is 13.1. The van der Waals surface area contributed by atoms with E-state index in [1.807, 2.05) is 18.9 Å². The molecule has 5 rings (SSSR count). The summed E-state index contributed by atoms with van der Waals surface area (Å²) in [6.07, 6.45) is 1.91. The van der Waals surface area contributed by atoms with Gasteiger partial charge in [0.1, 0.15) is 12.7 Å². The third kappa shape index (κ3) is 4.36. The number of nitrogens with one attached hydrogen (secondary N) is 2. The second-order valence-electron chi connectivity index (χ2n) is 9.99. The summed E-state index contributed by atoms with van der Waals surface area (Å²) in [6, 6.07) is 7.67. The number of aromatic nitrogens is 4. The molecule has 202 valence electrons. The number of nitriles is 2. The van der Waals surface area contributed by atoms with E-state index in [1.165, 1.54) is 10.7 Å². The molecule has 0 aliphatic carbocycles. The Morgan fingerprint density at radius 1 is 1.31 bits per heavy atom. The number of hydrogen-bond donors (Lipinski definition) is 2. The average Bonchev–Trinajstić information content (AvgIpc) is 3.35. The maximum atomic E-state index is 12.5. The third-order valence-electron chi connectivity index (χ3n) is 7.72. The molecule has 39 heavy (non-hydrogen) atoms. The Kier molecular flexibility index (Phi) is 6.93. The summed E-state index contributed by atoms with van der Waals surface area (Å²) in [5.41, 5.74) is 1.79. The summed E-state index contributed by atoms with van der Waals surface area (Å²) in [6.45, 7) is 7.91. The predicted molar refractivity (Wildman–Crippen MR) is 146 cm³/mol. The standard InChI is InChI=1S/C26H29ClN10O2/c1-5-30-23-24-31-12-17(11-29)37(24)34-25(33-23)32-18-8-16(10-28)9-19(22(18)27)36-7-6-26(15(2)3)20(13-36)39-14-21(38)35(26)4/h8-9,12,15,20H,5-7,13-14H2,1-4H3,(H2,30,32,33,34). The van der Waals surface area contributed by atoms with Gasteiger partial charge in [-0.05, 0) is 31.4 Å². The molecule has 3 aromatic rings. The van der Waals surface area contributed by atoms with Crippen LogP contribution < -0.4 is 15.5 Å². The molecule has 2 aliphatic heterocycles. The minimum absolute atomic E-state index is 0.0178. The van der Waals surface area contributed by atoms with Crippen LogP contribution in [-0.2, 0) is 9.53 Å². The van der Waals surface area contributed by atoms with Crippen LogP contribution in [0.1, 0.15) is 38.4 Å². The van der Waals surface area contributed by atoms with Crippen LogP contribution in [0.2, 0.25) is 5.02 Å². The lowest BCUT2D eigenvalue weighted by Crippen LogP contribution is -2.71. The van der Waals surface area contributed by atoms with Gasteiger partial charge in [0.25, 0.3) is 0 Å². The topological polar surface area (TPSA) is 148 Å². The number of benzene rings is 1. The van der Waals surface area contributed by atoms with Gasteiger partial charge in [-0.2, -0.15) is 20.0 Å². The number of amides is 1. The van der Waals surface area contributed by atoms with Gasteiger partial charge >= 0.3 is 0 Å². The summed E-state index contributed by atoms with van der Waals surface area (Å²) in [5, 5.41) is 30.4. The van der Waals surface area contributed by atoms with Crippen LogP contribution in [0.3, 0.4) is 0 Å². The summed E-state index contributed by atoms with van der Waals surface area (Å²) in [7, 11) is 1.86. The fourth-order valence-corrected chi connectivity index (χ4v) is 5.96. The van der Waals surface area contributed by atoms with Crippen LogP contribution in [0.25, 0.3) is 5.65 Å². The molecule has 0 saturated carbocycles. The molecule has 1 aromatic carbocycles. The summed E-state index contributed by atoms with van der Waals surface area (Å²) in [5.74, 6) is 0.815. The number of imidazole rings is 1. The second-order valence-corrected chi connectivity index (χ2v) is 10.4. The van der Waals surface area contributed by atoms with E-state index in [-0.39, 0.29) is 36.2 Å². The van der Waals surface area contributed by atoms with Crippen molar-refractivity contribution in [2.45, 2.75) is 38.8 Å². The molecule has 2 saturated heterocycles. The molecule has 4 heterocycles. The van der Waals surface area contributed by atoms with Gasteiger partial charge in [0, 0.05) is 26.7 Å². The predicted octanol–water partition coefficient (Wildman–Crippen LogP) is 3.16. The number of morpholine rings is 1. The number of rotatable bonds is 6. The smallest absolute Gasteiger partial charge is 0.248 e. The number of likely N-dealkylation sites (N-methyl/N-ethyl adjacent to an activating group) is 1. The average molecular weight is 549 g/mol. The molecule has 2 aliphatic rings. The minimum Gasteiger partial charge on any atom is -0.367 e. The van der Waals surface area contributed by atoms with E-state index in [2.05, 4.69) is 56.6 Å². The second kappa shape index (κ2) is 10.2. The van der Waals surface area contributed by atoms with Crippen LogP contribution in [0.15, 0.2) is 18.3 Å². The number of hydrogen-bond acceptors (Lipinski definition) is 10. The Hall–Kier alpha value is -4.13. The molecule has 2 atom stereocenters. The van der Waals surface area contributed by atoms with Crippen LogP contribution in [0, 0.1) is 28.6 Å². The van der Waals surface area contributed by atoms with Gasteiger partial charge in [0.2, 0.25) is 11.9 Å². The van der Waals surface area contributed by atoms with Gasteiger partial charge in [-0.25, -0.2) is 4.98 Å². The molecule has 0 radical (unpaired) electrons. The van der Waals surface area contributed by atoms with E-state index in [4.69, 9.17) is 16.3 Å². The van der Waals surface area contributed by atoms with Crippen molar-refractivity contribution < 1.29 is 9.53 Å². The molecule has 2 N–H and O–H groups in total. The van der Waals surface area contributed by atoms with Crippen molar-refractivity contribution in [1.82, 2.24) is 24.5 Å². The molecule has 0 spiro atoms. The maximum absolute atomic E-state index is 12.5. The summed E-state index contributed by atoms with van der Waals surface area (Å²) >= 11 is 6.94. The van der Waals surface area contributed by atoms with Crippen molar-refractivity contribution in [2.75, 3.05) is 48.8 Å². The van der Waals surface area contributed by atoms with E-state index < -0.39 is 5.54 Å². The molecule has 2 fully saturated rings.